The van der Waals surface area contributed by atoms with Crippen molar-refractivity contribution >= 4 is 19.4 Å². The van der Waals surface area contributed by atoms with E-state index in [-0.39, 0.29) is 0 Å². The first-order chi connectivity index (χ1) is 6.08. The Labute approximate surface area is 98.1 Å². The zero-order chi connectivity index (χ0) is 10.7. The molecule has 0 spiro atoms. The molecule has 0 unspecified atom stereocenters. The molecule has 0 atom stereocenters. The van der Waals surface area contributed by atoms with Gasteiger partial charge in [-0.1, -0.05) is 23.3 Å². The summed E-state index contributed by atoms with van der Waals surface area (Å²) in [5, 5.41) is 0. The standard InChI is InChI=1S/C10H18.2ClH.Zn/c1-5-10(4)8-6-7-9(2)3;;;/h5,7H,6,8H2,1-4H3;2*1H;/q;;;+2/p-2/b10-5+;;;. The molecule has 0 aromatic rings. The zero-order valence-corrected chi connectivity index (χ0v) is 13.5. The molecule has 0 aromatic heterocycles. The van der Waals surface area contributed by atoms with E-state index in [2.05, 4.69) is 39.8 Å². The zero-order valence-electron chi connectivity index (χ0n) is 9.03. The van der Waals surface area contributed by atoms with Crippen LogP contribution in [-0.2, 0) is 15.1 Å². The number of hydrogen-bond donors (Lipinski definition) is 0. The van der Waals surface area contributed by atoms with Crippen LogP contribution in [0, 0.1) is 0 Å². The summed E-state index contributed by atoms with van der Waals surface area (Å²) >= 11 is -0.931. The Balaban J connectivity index is 0. The molecule has 0 saturated carbocycles. The summed E-state index contributed by atoms with van der Waals surface area (Å²) in [7, 11) is 9.90. The second kappa shape index (κ2) is 12.7. The third kappa shape index (κ3) is 19.2. The van der Waals surface area contributed by atoms with Gasteiger partial charge in [-0.2, -0.15) is 0 Å². The van der Waals surface area contributed by atoms with Crippen LogP contribution in [-0.4, -0.2) is 0 Å². The molecule has 0 heterocycles. The molecule has 0 aliphatic rings. The summed E-state index contributed by atoms with van der Waals surface area (Å²) in [6.07, 6.45) is 6.87. The average Bonchev–Trinajstić information content (AvgIpc) is 2.05. The molecule has 0 N–H and O–H groups in total. The van der Waals surface area contributed by atoms with E-state index in [0.717, 1.165) is 0 Å². The fourth-order valence-corrected chi connectivity index (χ4v) is 0.733. The molecule has 0 fully saturated rings. The molecule has 0 aliphatic heterocycles. The van der Waals surface area contributed by atoms with Crippen LogP contribution in [0.1, 0.15) is 40.5 Å². The van der Waals surface area contributed by atoms with Gasteiger partial charge >= 0.3 is 34.5 Å². The van der Waals surface area contributed by atoms with Gasteiger partial charge < -0.3 is 0 Å². The Morgan fingerprint density at radius 2 is 1.69 bits per heavy atom. The van der Waals surface area contributed by atoms with Gasteiger partial charge in [-0.25, -0.2) is 0 Å². The van der Waals surface area contributed by atoms with Crippen LogP contribution in [0.25, 0.3) is 0 Å². The molecule has 0 amide bonds. The van der Waals surface area contributed by atoms with Crippen molar-refractivity contribution in [2.45, 2.75) is 40.5 Å². The molecular formula is C10H18Cl2Zn. The summed E-state index contributed by atoms with van der Waals surface area (Å²) in [5.41, 5.74) is 2.90. The third-order valence-corrected chi connectivity index (χ3v) is 1.58. The second-order valence-corrected chi connectivity index (χ2v) is 7.68. The first kappa shape index (κ1) is 16.1. The third-order valence-electron chi connectivity index (χ3n) is 1.58. The summed E-state index contributed by atoms with van der Waals surface area (Å²) in [6, 6.07) is 0. The Morgan fingerprint density at radius 3 is 2.00 bits per heavy atom. The van der Waals surface area contributed by atoms with Gasteiger partial charge in [-0.15, -0.1) is 0 Å². The van der Waals surface area contributed by atoms with Gasteiger partial charge in [0.2, 0.25) is 0 Å². The summed E-state index contributed by atoms with van der Waals surface area (Å²) in [6.45, 7) is 8.56. The van der Waals surface area contributed by atoms with E-state index in [1.165, 1.54) is 24.0 Å². The van der Waals surface area contributed by atoms with Crippen LogP contribution in [0.5, 0.6) is 0 Å². The van der Waals surface area contributed by atoms with Crippen molar-refractivity contribution in [2.75, 3.05) is 0 Å². The molecule has 0 aliphatic carbocycles. The molecule has 3 heteroatoms. The molecule has 0 nitrogen and oxygen atoms in total. The first-order valence-corrected chi connectivity index (χ1v) is 12.2. The van der Waals surface area contributed by atoms with Crippen molar-refractivity contribution in [3.05, 3.63) is 23.3 Å². The van der Waals surface area contributed by atoms with E-state index in [4.69, 9.17) is 19.4 Å². The quantitative estimate of drug-likeness (QED) is 0.497. The van der Waals surface area contributed by atoms with Crippen molar-refractivity contribution in [1.29, 1.82) is 0 Å². The molecule has 0 saturated heterocycles. The number of rotatable bonds is 3. The van der Waals surface area contributed by atoms with Crippen LogP contribution in [0.4, 0.5) is 0 Å². The van der Waals surface area contributed by atoms with Crippen LogP contribution in [0.15, 0.2) is 23.3 Å². The normalized spacial score (nSPS) is 9.54. The monoisotopic (exact) mass is 272 g/mol. The van der Waals surface area contributed by atoms with Gasteiger partial charge in [0, 0.05) is 0 Å². The summed E-state index contributed by atoms with van der Waals surface area (Å²) in [4.78, 5) is 0. The van der Waals surface area contributed by atoms with Gasteiger partial charge in [0.1, 0.15) is 0 Å². The Morgan fingerprint density at radius 1 is 1.23 bits per heavy atom. The van der Waals surface area contributed by atoms with E-state index in [1.807, 2.05) is 0 Å². The molecule has 0 radical (unpaired) electrons. The number of hydrogen-bond acceptors (Lipinski definition) is 0. The minimum atomic E-state index is -0.931. The van der Waals surface area contributed by atoms with Crippen LogP contribution < -0.4 is 0 Å². The maximum atomic E-state index is 4.95. The fraction of sp³-hybridized carbons (Fsp3) is 0.600. The van der Waals surface area contributed by atoms with Crippen molar-refractivity contribution in [1.82, 2.24) is 0 Å². The average molecular weight is 275 g/mol. The van der Waals surface area contributed by atoms with Gasteiger partial charge in [-0.05, 0) is 40.5 Å². The van der Waals surface area contributed by atoms with Gasteiger partial charge in [-0.3, -0.25) is 0 Å². The van der Waals surface area contributed by atoms with Crippen LogP contribution in [0.3, 0.4) is 0 Å². The Kier molecular flexibility index (Phi) is 15.7. The van der Waals surface area contributed by atoms with Gasteiger partial charge in [0.15, 0.2) is 0 Å². The maximum absolute atomic E-state index is 4.95. The molecule has 0 bridgehead atoms. The molecular weight excluding hydrogens is 256 g/mol. The Bertz CT molecular complexity index is 158. The van der Waals surface area contributed by atoms with Gasteiger partial charge in [0.05, 0.1) is 0 Å². The minimum absolute atomic E-state index is 0.931. The van der Waals surface area contributed by atoms with Crippen LogP contribution in [0.2, 0.25) is 0 Å². The van der Waals surface area contributed by atoms with E-state index in [9.17, 15) is 0 Å². The van der Waals surface area contributed by atoms with E-state index < -0.39 is 15.1 Å². The predicted molar refractivity (Wildman–Crippen MR) is 59.8 cm³/mol. The van der Waals surface area contributed by atoms with E-state index in [0.29, 0.717) is 0 Å². The van der Waals surface area contributed by atoms with E-state index >= 15 is 0 Å². The fourth-order valence-electron chi connectivity index (χ4n) is 0.733. The Hall–Kier alpha value is 0.683. The number of halogens is 2. The SMILES string of the molecule is C/C=C(\C)CCC=C(C)C.[Cl][Zn][Cl]. The second-order valence-electron chi connectivity index (χ2n) is 3.06. The number of allylic oxidation sites excluding steroid dienone is 4. The van der Waals surface area contributed by atoms with Crippen molar-refractivity contribution < 1.29 is 15.1 Å². The van der Waals surface area contributed by atoms with Crippen molar-refractivity contribution in [3.63, 3.8) is 0 Å². The first-order valence-electron chi connectivity index (χ1n) is 4.45. The van der Waals surface area contributed by atoms with Crippen LogP contribution >= 0.6 is 19.4 Å². The molecule has 74 valence electrons. The molecule has 0 rings (SSSR count). The summed E-state index contributed by atoms with van der Waals surface area (Å²) in [5.74, 6) is 0. The van der Waals surface area contributed by atoms with Crippen molar-refractivity contribution in [3.8, 4) is 0 Å². The summed E-state index contributed by atoms with van der Waals surface area (Å²) < 4.78 is 0. The topological polar surface area (TPSA) is 0 Å². The predicted octanol–water partition coefficient (Wildman–Crippen LogP) is 5.08. The molecule has 13 heavy (non-hydrogen) atoms. The molecule has 0 aromatic carbocycles. The van der Waals surface area contributed by atoms with Gasteiger partial charge in [0.25, 0.3) is 0 Å². The van der Waals surface area contributed by atoms with Crippen molar-refractivity contribution in [2.24, 2.45) is 0 Å². The van der Waals surface area contributed by atoms with E-state index in [1.54, 1.807) is 0 Å².